The Hall–Kier alpha value is -0.720. The van der Waals surface area contributed by atoms with Crippen molar-refractivity contribution in [3.63, 3.8) is 0 Å². The Balaban J connectivity index is 2.09. The molecule has 6 heteroatoms. The van der Waals surface area contributed by atoms with Gasteiger partial charge in [0.05, 0.1) is 12.9 Å². The summed E-state index contributed by atoms with van der Waals surface area (Å²) in [7, 11) is 0.774. The minimum absolute atomic E-state index is 0.250. The zero-order chi connectivity index (χ0) is 15.5. The fourth-order valence-corrected chi connectivity index (χ4v) is 5.42. The van der Waals surface area contributed by atoms with Crippen LogP contribution in [-0.4, -0.2) is 45.6 Å². The van der Waals surface area contributed by atoms with Crippen LogP contribution in [0.5, 0.6) is 5.75 Å². The third kappa shape index (κ3) is 4.37. The SMILES string of the molecule is CNC1c2ccc(OC)cc2CCC1SCCS(C)(=O)=O. The van der Waals surface area contributed by atoms with Crippen LogP contribution in [0.15, 0.2) is 18.2 Å². The number of hydrogen-bond donors (Lipinski definition) is 1. The lowest BCUT2D eigenvalue weighted by atomic mass is 9.87. The van der Waals surface area contributed by atoms with Crippen molar-refractivity contribution in [2.45, 2.75) is 24.1 Å². The van der Waals surface area contributed by atoms with E-state index in [-0.39, 0.29) is 11.8 Å². The smallest absolute Gasteiger partial charge is 0.148 e. The fraction of sp³-hybridized carbons (Fsp3) is 0.600. The number of thioether (sulfide) groups is 1. The molecule has 2 atom stereocenters. The molecule has 0 bridgehead atoms. The van der Waals surface area contributed by atoms with Crippen molar-refractivity contribution in [3.05, 3.63) is 29.3 Å². The number of benzene rings is 1. The number of nitrogens with one attached hydrogen (secondary N) is 1. The van der Waals surface area contributed by atoms with E-state index >= 15 is 0 Å². The third-order valence-electron chi connectivity index (χ3n) is 3.85. The second-order valence-corrected chi connectivity index (χ2v) is 9.02. The topological polar surface area (TPSA) is 55.4 Å². The summed E-state index contributed by atoms with van der Waals surface area (Å²) in [5.41, 5.74) is 2.63. The van der Waals surface area contributed by atoms with Crippen LogP contribution in [0.25, 0.3) is 0 Å². The summed E-state index contributed by atoms with van der Waals surface area (Å²) in [6, 6.07) is 6.49. The van der Waals surface area contributed by atoms with Crippen LogP contribution in [0.2, 0.25) is 0 Å². The minimum Gasteiger partial charge on any atom is -0.497 e. The van der Waals surface area contributed by atoms with Crippen molar-refractivity contribution >= 4 is 21.6 Å². The van der Waals surface area contributed by atoms with Crippen LogP contribution in [0.3, 0.4) is 0 Å². The molecule has 0 aliphatic heterocycles. The van der Waals surface area contributed by atoms with E-state index in [2.05, 4.69) is 17.4 Å². The standard InChI is InChI=1S/C15H23NO3S2/c1-16-15-13-6-5-12(19-2)10-11(13)4-7-14(15)20-8-9-21(3,17)18/h5-6,10,14-16H,4,7-9H2,1-3H3. The zero-order valence-electron chi connectivity index (χ0n) is 12.8. The molecule has 1 aliphatic rings. The molecule has 21 heavy (non-hydrogen) atoms. The number of ether oxygens (including phenoxy) is 1. The monoisotopic (exact) mass is 329 g/mol. The van der Waals surface area contributed by atoms with Crippen molar-refractivity contribution in [2.24, 2.45) is 0 Å². The molecule has 118 valence electrons. The van der Waals surface area contributed by atoms with Gasteiger partial charge in [-0.1, -0.05) is 6.07 Å². The highest BCUT2D eigenvalue weighted by Gasteiger charge is 2.29. The molecule has 0 amide bonds. The van der Waals surface area contributed by atoms with Gasteiger partial charge in [0.1, 0.15) is 15.6 Å². The number of fused-ring (bicyclic) bond motifs is 1. The van der Waals surface area contributed by atoms with Gasteiger partial charge in [0.2, 0.25) is 0 Å². The van der Waals surface area contributed by atoms with Gasteiger partial charge < -0.3 is 10.1 Å². The van der Waals surface area contributed by atoms with Crippen LogP contribution in [0.1, 0.15) is 23.6 Å². The Morgan fingerprint density at radius 3 is 2.81 bits per heavy atom. The van der Waals surface area contributed by atoms with Gasteiger partial charge in [0, 0.05) is 23.3 Å². The van der Waals surface area contributed by atoms with E-state index in [9.17, 15) is 8.42 Å². The maximum atomic E-state index is 11.3. The molecule has 2 unspecified atom stereocenters. The molecule has 0 saturated heterocycles. The first-order valence-corrected chi connectivity index (χ1v) is 10.2. The molecule has 0 radical (unpaired) electrons. The second kappa shape index (κ2) is 7.03. The highest BCUT2D eigenvalue weighted by molar-refractivity contribution is 8.01. The summed E-state index contributed by atoms with van der Waals surface area (Å²) in [5, 5.41) is 3.80. The van der Waals surface area contributed by atoms with Gasteiger partial charge in [-0.2, -0.15) is 11.8 Å². The first kappa shape index (κ1) is 16.6. The molecular weight excluding hydrogens is 306 g/mol. The maximum Gasteiger partial charge on any atom is 0.148 e. The van der Waals surface area contributed by atoms with Crippen LogP contribution in [0.4, 0.5) is 0 Å². The van der Waals surface area contributed by atoms with Crippen molar-refractivity contribution in [3.8, 4) is 5.75 Å². The van der Waals surface area contributed by atoms with Gasteiger partial charge in [-0.3, -0.25) is 0 Å². The summed E-state index contributed by atoms with van der Waals surface area (Å²) in [6.07, 6.45) is 3.37. The van der Waals surface area contributed by atoms with Crippen molar-refractivity contribution in [1.29, 1.82) is 0 Å². The molecule has 0 saturated carbocycles. The molecule has 4 nitrogen and oxygen atoms in total. The Labute approximate surface area is 131 Å². The molecule has 1 N–H and O–H groups in total. The second-order valence-electron chi connectivity index (χ2n) is 5.41. The number of methoxy groups -OCH3 is 1. The Morgan fingerprint density at radius 2 is 2.19 bits per heavy atom. The first-order valence-electron chi connectivity index (χ1n) is 7.08. The van der Waals surface area contributed by atoms with Gasteiger partial charge in [-0.05, 0) is 43.1 Å². The molecular formula is C15H23NO3S2. The minimum atomic E-state index is -2.88. The van der Waals surface area contributed by atoms with Crippen LogP contribution in [0, 0.1) is 0 Å². The number of aryl methyl sites for hydroxylation is 1. The summed E-state index contributed by atoms with van der Waals surface area (Å²) in [4.78, 5) is 0. The lowest BCUT2D eigenvalue weighted by Crippen LogP contribution is -2.32. The van der Waals surface area contributed by atoms with E-state index in [0.717, 1.165) is 18.6 Å². The van der Waals surface area contributed by atoms with Crippen molar-refractivity contribution in [1.82, 2.24) is 5.32 Å². The van der Waals surface area contributed by atoms with Gasteiger partial charge in [0.15, 0.2) is 0 Å². The van der Waals surface area contributed by atoms with Gasteiger partial charge in [0.25, 0.3) is 0 Å². The number of sulfone groups is 1. The van der Waals surface area contributed by atoms with Crippen LogP contribution < -0.4 is 10.1 Å². The van der Waals surface area contributed by atoms with Crippen molar-refractivity contribution in [2.75, 3.05) is 31.9 Å². The quantitative estimate of drug-likeness (QED) is 0.866. The molecule has 1 aromatic carbocycles. The lowest BCUT2D eigenvalue weighted by molar-refractivity contribution is 0.412. The maximum absolute atomic E-state index is 11.3. The molecule has 0 heterocycles. The Morgan fingerprint density at radius 1 is 1.43 bits per heavy atom. The average Bonchev–Trinajstić information content (AvgIpc) is 2.45. The molecule has 1 aliphatic carbocycles. The average molecular weight is 329 g/mol. The van der Waals surface area contributed by atoms with Gasteiger partial charge in [-0.15, -0.1) is 0 Å². The van der Waals surface area contributed by atoms with E-state index < -0.39 is 9.84 Å². The third-order valence-corrected chi connectivity index (χ3v) is 6.43. The van der Waals surface area contributed by atoms with Crippen LogP contribution >= 0.6 is 11.8 Å². The van der Waals surface area contributed by atoms with E-state index in [1.54, 1.807) is 18.9 Å². The van der Waals surface area contributed by atoms with Crippen molar-refractivity contribution < 1.29 is 13.2 Å². The number of hydrogen-bond acceptors (Lipinski definition) is 5. The molecule has 2 rings (SSSR count). The van der Waals surface area contributed by atoms with Crippen LogP contribution in [-0.2, 0) is 16.3 Å². The predicted molar refractivity (Wildman–Crippen MR) is 89.1 cm³/mol. The first-order chi connectivity index (χ1) is 9.94. The van der Waals surface area contributed by atoms with E-state index in [1.165, 1.54) is 17.4 Å². The normalized spacial score (nSPS) is 21.9. The molecule has 0 spiro atoms. The molecule has 0 fully saturated rings. The lowest BCUT2D eigenvalue weighted by Gasteiger charge is -2.33. The Kier molecular flexibility index (Phi) is 5.57. The summed E-state index contributed by atoms with van der Waals surface area (Å²) < 4.78 is 27.8. The van der Waals surface area contributed by atoms with E-state index in [0.29, 0.717) is 11.0 Å². The van der Waals surface area contributed by atoms with E-state index in [1.807, 2.05) is 13.1 Å². The highest BCUT2D eigenvalue weighted by Crippen LogP contribution is 2.38. The largest absolute Gasteiger partial charge is 0.497 e. The molecule has 1 aromatic rings. The summed E-state index contributed by atoms with van der Waals surface area (Å²) in [5.74, 6) is 1.81. The van der Waals surface area contributed by atoms with E-state index in [4.69, 9.17) is 4.74 Å². The zero-order valence-corrected chi connectivity index (χ0v) is 14.4. The summed E-state index contributed by atoms with van der Waals surface area (Å²) >= 11 is 1.76. The predicted octanol–water partition coefficient (Wildman–Crippen LogP) is 2.05. The number of rotatable bonds is 6. The summed E-state index contributed by atoms with van der Waals surface area (Å²) in [6.45, 7) is 0. The molecule has 0 aromatic heterocycles. The fourth-order valence-electron chi connectivity index (χ4n) is 2.77. The van der Waals surface area contributed by atoms with Gasteiger partial charge >= 0.3 is 0 Å². The van der Waals surface area contributed by atoms with Gasteiger partial charge in [-0.25, -0.2) is 8.42 Å². The Bertz CT molecular complexity index is 587. The highest BCUT2D eigenvalue weighted by atomic mass is 32.2.